The third kappa shape index (κ3) is 64.6. The number of hydrogen-bond acceptors (Lipinski definition) is 22. The molecule has 0 amide bonds. The average molecular weight is 2070 g/mol. The molecule has 0 saturated carbocycles. The second kappa shape index (κ2) is 81.8. The molecule has 0 unspecified atom stereocenters. The molecule has 14 heterocycles. The minimum atomic E-state index is 0.784. The first-order valence-corrected chi connectivity index (χ1v) is 62.0. The minimum Gasteiger partial charge on any atom is -0.492 e. The van der Waals surface area contributed by atoms with E-state index in [1.807, 2.05) is 24.3 Å². The largest absolute Gasteiger partial charge is 0.492 e. The highest BCUT2D eigenvalue weighted by atomic mass is 16.5. The molecule has 14 saturated heterocycles. The van der Waals surface area contributed by atoms with E-state index in [2.05, 4.69) is 214 Å². The van der Waals surface area contributed by atoms with E-state index in [0.717, 1.165) is 155 Å². The standard InChI is InChI=1S/C15H23NO.C14H22N2O.2C14H28N2.C13H27N3.C13H26N2.C12H25NO.C11H23NO.C10H21NO.C9H19NO/c1-13-3-5-15(6-4-13)17-12-11-16-9-7-14(2)8-10-16;1-13-3-5-14(6-4-13)17-12-11-16-9-7-15(2)8-10-16;1-13-3-10-16(11-4-13)12-7-14-5-8-15(2)9-6-14;1-13-3-7-15(8-4-13)11-12-16-9-5-14(2)6-10-16;1-13-3-5-15(6-4-13)11-12-16-9-7-14(2)8-10-16;1-12-3-9-15(10-4-12)11-13-5-7-14(2)8-6-13;1-12-6-9-13(10-7-12)8-4-3-5-11-14-2;1-11-5-8-12(9-6-11)7-3-4-10-13-2;1-10-4-7-11(8-5-10)6-3-9-12-2;1-9-3-5-10(6-4-9)7-8-11-2/h3-6,14H,7-12H2,1-2H3;3-6H,7-12H2,1-2H3;2*13-14H,3-12H2,1-2H3;13H,3-12H2,1-2H3;12-13H,3-11H2,1-2H3;12H,3-11H2,1-2H3;11H,3-10H2,1-2H3;10H,3-9H2,1-2H3;9H,3-8H2,1-2H3. The van der Waals surface area contributed by atoms with Gasteiger partial charge in [0.1, 0.15) is 24.7 Å². The van der Waals surface area contributed by atoms with Crippen molar-refractivity contribution in [3.8, 4) is 11.5 Å². The summed E-state index contributed by atoms with van der Waals surface area (Å²) in [6.07, 6.45) is 42.6. The lowest BCUT2D eigenvalue weighted by atomic mass is 9.92. The number of piperazine rings is 2. The topological polar surface area (TPSA) is 107 Å². The fourth-order valence-electron chi connectivity index (χ4n) is 22.7. The maximum atomic E-state index is 5.75. The first-order valence-electron chi connectivity index (χ1n) is 62.0. The van der Waals surface area contributed by atoms with Gasteiger partial charge in [-0.25, -0.2) is 0 Å². The predicted octanol–water partition coefficient (Wildman–Crippen LogP) is 20.5. The summed E-state index contributed by atoms with van der Waals surface area (Å²) < 4.78 is 31.6. The van der Waals surface area contributed by atoms with Gasteiger partial charge in [0.05, 0.1) is 6.61 Å². The van der Waals surface area contributed by atoms with Gasteiger partial charge in [-0.15, -0.1) is 0 Å². The molecule has 14 aliphatic rings. The lowest BCUT2D eigenvalue weighted by Gasteiger charge is -2.36. The van der Waals surface area contributed by atoms with E-state index >= 15 is 0 Å². The fraction of sp³-hybridized carbons (Fsp3) is 0.904. The Morgan fingerprint density at radius 2 is 0.401 bits per heavy atom. The Morgan fingerprint density at radius 1 is 0.190 bits per heavy atom. The molecule has 0 atom stereocenters. The van der Waals surface area contributed by atoms with E-state index in [-0.39, 0.29) is 0 Å². The minimum absolute atomic E-state index is 0.784. The summed E-state index contributed by atoms with van der Waals surface area (Å²) in [5, 5.41) is 0. The fourth-order valence-corrected chi connectivity index (χ4v) is 22.7. The van der Waals surface area contributed by atoms with Crippen LogP contribution in [0.1, 0.15) is 279 Å². The number of rotatable bonds is 37. The van der Waals surface area contributed by atoms with Crippen molar-refractivity contribution in [3.63, 3.8) is 0 Å². The molecule has 0 aromatic heterocycles. The molecular weight excluding hydrogens is 1820 g/mol. The number of likely N-dealkylation sites (N-methyl/N-ethyl adjacent to an activating group) is 2. The molecule has 2 aromatic carbocycles. The van der Waals surface area contributed by atoms with Gasteiger partial charge in [-0.2, -0.15) is 0 Å². The summed E-state index contributed by atoms with van der Waals surface area (Å²) in [7, 11) is 16.0. The summed E-state index contributed by atoms with van der Waals surface area (Å²) in [6, 6.07) is 16.5. The zero-order chi connectivity index (χ0) is 106. The number of ether oxygens (including phenoxy) is 6. The summed E-state index contributed by atoms with van der Waals surface area (Å²) in [4.78, 5) is 41.0. The molecule has 0 bridgehead atoms. The number of nitrogens with zero attached hydrogens (tertiary/aromatic N) is 16. The Balaban J connectivity index is 0.000000222. The zero-order valence-corrected chi connectivity index (χ0v) is 100. The molecule has 22 nitrogen and oxygen atoms in total. The molecule has 0 aliphatic carbocycles. The van der Waals surface area contributed by atoms with Crippen molar-refractivity contribution in [3.05, 3.63) is 59.7 Å². The van der Waals surface area contributed by atoms with Gasteiger partial charge in [-0.3, -0.25) is 14.7 Å². The number of benzene rings is 2. The molecule has 147 heavy (non-hydrogen) atoms. The zero-order valence-electron chi connectivity index (χ0n) is 100. The summed E-state index contributed by atoms with van der Waals surface area (Å²) >= 11 is 0. The van der Waals surface area contributed by atoms with Crippen molar-refractivity contribution in [2.24, 2.45) is 71.0 Å². The first-order chi connectivity index (χ1) is 71.2. The average Bonchev–Trinajstić information content (AvgIpc) is 0.881. The Bertz CT molecular complexity index is 2990. The smallest absolute Gasteiger partial charge is 0.119 e. The van der Waals surface area contributed by atoms with Crippen molar-refractivity contribution in [1.82, 2.24) is 78.4 Å². The van der Waals surface area contributed by atoms with Gasteiger partial charge in [0, 0.05) is 160 Å². The third-order valence-electron chi connectivity index (χ3n) is 35.7. The summed E-state index contributed by atoms with van der Waals surface area (Å²) in [5.41, 5.74) is 2.55. The van der Waals surface area contributed by atoms with E-state index in [1.165, 1.54) is 465 Å². The van der Waals surface area contributed by atoms with Crippen LogP contribution in [0.2, 0.25) is 0 Å². The van der Waals surface area contributed by atoms with Crippen LogP contribution in [0.4, 0.5) is 0 Å². The second-order valence-corrected chi connectivity index (χ2v) is 49.7. The molecule has 2 aromatic rings. The highest BCUT2D eigenvalue weighted by Gasteiger charge is 2.28. The van der Waals surface area contributed by atoms with Crippen LogP contribution in [0.15, 0.2) is 48.5 Å². The Kier molecular flexibility index (Phi) is 72.9. The van der Waals surface area contributed by atoms with Crippen LogP contribution in [0.25, 0.3) is 0 Å². The van der Waals surface area contributed by atoms with Crippen LogP contribution in [0, 0.1) is 84.9 Å². The highest BCUT2D eigenvalue weighted by molar-refractivity contribution is 5.27. The maximum Gasteiger partial charge on any atom is 0.119 e. The normalized spacial score (nSPS) is 23.2. The van der Waals surface area contributed by atoms with Gasteiger partial charge in [-0.05, 0) is 513 Å². The molecule has 16 rings (SSSR count). The molecule has 0 radical (unpaired) electrons. The van der Waals surface area contributed by atoms with Gasteiger partial charge in [-0.1, -0.05) is 105 Å². The number of aryl methyl sites for hydroxylation is 2. The number of methoxy groups -OCH3 is 4. The number of likely N-dealkylation sites (tertiary alicyclic amines) is 12. The lowest BCUT2D eigenvalue weighted by Crippen LogP contribution is -2.47. The molecule has 0 spiro atoms. The highest BCUT2D eigenvalue weighted by Crippen LogP contribution is 2.29. The van der Waals surface area contributed by atoms with Crippen molar-refractivity contribution in [2.75, 3.05) is 384 Å². The number of piperidine rings is 12. The van der Waals surface area contributed by atoms with Crippen molar-refractivity contribution < 1.29 is 28.4 Å². The third-order valence-corrected chi connectivity index (χ3v) is 35.7. The first kappa shape index (κ1) is 131. The molecule has 858 valence electrons. The van der Waals surface area contributed by atoms with Crippen LogP contribution >= 0.6 is 0 Å². The number of hydrogen-bond donors (Lipinski definition) is 0. The van der Waals surface area contributed by atoms with Crippen molar-refractivity contribution in [2.45, 2.75) is 282 Å². The lowest BCUT2D eigenvalue weighted by molar-refractivity contribution is 0.121. The molecular formula is C125H242N16O6. The molecule has 14 aliphatic heterocycles. The quantitative estimate of drug-likeness (QED) is 0.0598. The van der Waals surface area contributed by atoms with E-state index in [4.69, 9.17) is 28.4 Å². The summed E-state index contributed by atoms with van der Waals surface area (Å²) in [6.45, 7) is 89.3. The maximum absolute atomic E-state index is 5.75. The van der Waals surface area contributed by atoms with E-state index in [1.54, 1.807) is 28.4 Å². The Labute approximate surface area is 910 Å². The monoisotopic (exact) mass is 2060 g/mol. The van der Waals surface area contributed by atoms with Crippen LogP contribution < -0.4 is 9.47 Å². The van der Waals surface area contributed by atoms with Crippen LogP contribution in [0.5, 0.6) is 11.5 Å². The summed E-state index contributed by atoms with van der Waals surface area (Å²) in [5.74, 6) is 13.5. The van der Waals surface area contributed by atoms with Gasteiger partial charge in [0.2, 0.25) is 0 Å². The van der Waals surface area contributed by atoms with Gasteiger partial charge in [0.25, 0.3) is 0 Å². The molecule has 14 fully saturated rings. The van der Waals surface area contributed by atoms with Gasteiger partial charge < -0.3 is 92.1 Å². The second-order valence-electron chi connectivity index (χ2n) is 49.7. The van der Waals surface area contributed by atoms with Crippen molar-refractivity contribution in [1.29, 1.82) is 0 Å². The Hall–Kier alpha value is -2.76. The van der Waals surface area contributed by atoms with E-state index in [0.29, 0.717) is 0 Å². The van der Waals surface area contributed by atoms with Crippen LogP contribution in [-0.2, 0) is 18.9 Å². The predicted molar refractivity (Wildman–Crippen MR) is 630 cm³/mol. The molecule has 22 heteroatoms. The van der Waals surface area contributed by atoms with Gasteiger partial charge >= 0.3 is 0 Å². The van der Waals surface area contributed by atoms with Crippen molar-refractivity contribution >= 4 is 0 Å². The van der Waals surface area contributed by atoms with Crippen LogP contribution in [-0.4, -0.2) is 463 Å². The van der Waals surface area contributed by atoms with E-state index < -0.39 is 0 Å². The van der Waals surface area contributed by atoms with Gasteiger partial charge in [0.15, 0.2) is 0 Å². The number of unbranched alkanes of at least 4 members (excludes halogenated alkanes) is 3. The Morgan fingerprint density at radius 3 is 0.694 bits per heavy atom. The van der Waals surface area contributed by atoms with E-state index in [9.17, 15) is 0 Å². The molecule has 0 N–H and O–H groups in total. The SMILES string of the molecule is CC1CCN(CC2CCN(C)CC2)CC1.CC1CCN(CCC2CCN(C)CC2)CC1.CC1CCN(CCN2CCC(C)CC2)CC1.CC1CCN(CCN2CCN(C)CC2)CC1.COCCCCCN1CCC(C)CC1.COCCCCN1CCC(C)CC1.COCCCN1CCC(C)CC1.COCCN1CCC(C)CC1.Cc1ccc(OCCN2CCC(C)CC2)cc1.Cc1ccc(OCCN2CCN(C)CC2)cc1. The van der Waals surface area contributed by atoms with Crippen LogP contribution in [0.3, 0.4) is 0 Å².